The quantitative estimate of drug-likeness (QED) is 0.662. The standard InChI is InChI=1S/C19H19N/c1-2-19(16-9-4-3-5-10-16)20-18-13-12-15-8-6-7-11-17(15)14-18/h3-14,19-20H,2H2,1H3. The van der Waals surface area contributed by atoms with E-state index in [0.717, 1.165) is 6.42 Å². The van der Waals surface area contributed by atoms with Crippen LogP contribution in [0.4, 0.5) is 5.69 Å². The third-order valence-corrected chi connectivity index (χ3v) is 3.70. The molecule has 0 aliphatic carbocycles. The van der Waals surface area contributed by atoms with Gasteiger partial charge in [0, 0.05) is 5.69 Å². The second-order valence-electron chi connectivity index (χ2n) is 5.08. The van der Waals surface area contributed by atoms with E-state index in [1.165, 1.54) is 22.0 Å². The van der Waals surface area contributed by atoms with Crippen molar-refractivity contribution in [3.8, 4) is 0 Å². The van der Waals surface area contributed by atoms with Gasteiger partial charge in [0.2, 0.25) is 0 Å². The first kappa shape index (κ1) is 12.7. The van der Waals surface area contributed by atoms with Crippen LogP contribution in [0.25, 0.3) is 10.8 Å². The molecular weight excluding hydrogens is 242 g/mol. The van der Waals surface area contributed by atoms with E-state index in [1.807, 2.05) is 0 Å². The fraction of sp³-hybridized carbons (Fsp3) is 0.158. The first-order valence-electron chi connectivity index (χ1n) is 7.17. The van der Waals surface area contributed by atoms with Crippen molar-refractivity contribution in [3.05, 3.63) is 78.4 Å². The van der Waals surface area contributed by atoms with Crippen molar-refractivity contribution in [2.75, 3.05) is 5.32 Å². The first-order chi connectivity index (χ1) is 9.86. The summed E-state index contributed by atoms with van der Waals surface area (Å²) in [5.74, 6) is 0. The molecule has 1 N–H and O–H groups in total. The van der Waals surface area contributed by atoms with E-state index in [4.69, 9.17) is 0 Å². The largest absolute Gasteiger partial charge is 0.378 e. The molecule has 20 heavy (non-hydrogen) atoms. The molecular formula is C19H19N. The van der Waals surface area contributed by atoms with Crippen LogP contribution in [-0.4, -0.2) is 0 Å². The van der Waals surface area contributed by atoms with Crippen molar-refractivity contribution in [1.82, 2.24) is 0 Å². The van der Waals surface area contributed by atoms with Crippen LogP contribution in [0.1, 0.15) is 24.9 Å². The Balaban J connectivity index is 1.87. The summed E-state index contributed by atoms with van der Waals surface area (Å²) in [5.41, 5.74) is 2.52. The van der Waals surface area contributed by atoms with Crippen molar-refractivity contribution in [2.45, 2.75) is 19.4 Å². The Morgan fingerprint density at radius 2 is 1.50 bits per heavy atom. The zero-order chi connectivity index (χ0) is 13.8. The van der Waals surface area contributed by atoms with E-state index in [9.17, 15) is 0 Å². The summed E-state index contributed by atoms with van der Waals surface area (Å²) in [6.45, 7) is 2.21. The summed E-state index contributed by atoms with van der Waals surface area (Å²) < 4.78 is 0. The molecule has 0 aliphatic heterocycles. The Morgan fingerprint density at radius 3 is 2.25 bits per heavy atom. The third-order valence-electron chi connectivity index (χ3n) is 3.70. The lowest BCUT2D eigenvalue weighted by atomic mass is 10.0. The van der Waals surface area contributed by atoms with Gasteiger partial charge in [-0.05, 0) is 34.9 Å². The van der Waals surface area contributed by atoms with Gasteiger partial charge in [0.1, 0.15) is 0 Å². The van der Waals surface area contributed by atoms with Crippen LogP contribution < -0.4 is 5.32 Å². The second kappa shape index (κ2) is 5.79. The van der Waals surface area contributed by atoms with Crippen LogP contribution in [0.3, 0.4) is 0 Å². The predicted molar refractivity (Wildman–Crippen MR) is 87.0 cm³/mol. The zero-order valence-electron chi connectivity index (χ0n) is 11.7. The van der Waals surface area contributed by atoms with Gasteiger partial charge >= 0.3 is 0 Å². The number of nitrogens with one attached hydrogen (secondary N) is 1. The predicted octanol–water partition coefficient (Wildman–Crippen LogP) is 5.40. The molecule has 3 rings (SSSR count). The number of rotatable bonds is 4. The molecule has 0 aliphatic rings. The van der Waals surface area contributed by atoms with E-state index in [-0.39, 0.29) is 0 Å². The fourth-order valence-corrected chi connectivity index (χ4v) is 2.59. The number of hydrogen-bond donors (Lipinski definition) is 1. The Hall–Kier alpha value is -2.28. The Morgan fingerprint density at radius 1 is 0.800 bits per heavy atom. The highest BCUT2D eigenvalue weighted by Gasteiger charge is 2.08. The molecule has 0 spiro atoms. The van der Waals surface area contributed by atoms with Crippen LogP contribution in [0, 0.1) is 0 Å². The molecule has 3 aromatic carbocycles. The van der Waals surface area contributed by atoms with Gasteiger partial charge in [-0.2, -0.15) is 0 Å². The second-order valence-corrected chi connectivity index (χ2v) is 5.08. The number of fused-ring (bicyclic) bond motifs is 1. The first-order valence-corrected chi connectivity index (χ1v) is 7.17. The van der Waals surface area contributed by atoms with Gasteiger partial charge in [-0.25, -0.2) is 0 Å². The smallest absolute Gasteiger partial charge is 0.0511 e. The van der Waals surface area contributed by atoms with Gasteiger partial charge < -0.3 is 5.32 Å². The van der Waals surface area contributed by atoms with E-state index in [1.54, 1.807) is 0 Å². The number of hydrogen-bond acceptors (Lipinski definition) is 1. The molecule has 0 bridgehead atoms. The Kier molecular flexibility index (Phi) is 3.69. The summed E-state index contributed by atoms with van der Waals surface area (Å²) >= 11 is 0. The number of benzene rings is 3. The molecule has 0 aromatic heterocycles. The fourth-order valence-electron chi connectivity index (χ4n) is 2.59. The average Bonchev–Trinajstić information content (AvgIpc) is 2.53. The van der Waals surface area contributed by atoms with Crippen LogP contribution >= 0.6 is 0 Å². The minimum Gasteiger partial charge on any atom is -0.378 e. The molecule has 3 aromatic rings. The van der Waals surface area contributed by atoms with E-state index < -0.39 is 0 Å². The zero-order valence-corrected chi connectivity index (χ0v) is 11.7. The van der Waals surface area contributed by atoms with Gasteiger partial charge in [-0.1, -0.05) is 67.6 Å². The minimum atomic E-state index is 0.359. The minimum absolute atomic E-state index is 0.359. The summed E-state index contributed by atoms with van der Waals surface area (Å²) in [7, 11) is 0. The van der Waals surface area contributed by atoms with Crippen molar-refractivity contribution in [2.24, 2.45) is 0 Å². The topological polar surface area (TPSA) is 12.0 Å². The van der Waals surface area contributed by atoms with E-state index in [2.05, 4.69) is 85.0 Å². The van der Waals surface area contributed by atoms with Gasteiger partial charge in [0.15, 0.2) is 0 Å². The molecule has 100 valence electrons. The molecule has 0 radical (unpaired) electrons. The van der Waals surface area contributed by atoms with Crippen LogP contribution in [0.2, 0.25) is 0 Å². The summed E-state index contributed by atoms with van der Waals surface area (Å²) in [6, 6.07) is 26.0. The molecule has 0 heterocycles. The molecule has 0 saturated carbocycles. The third kappa shape index (κ3) is 2.67. The summed E-state index contributed by atoms with van der Waals surface area (Å²) in [4.78, 5) is 0. The van der Waals surface area contributed by atoms with Crippen molar-refractivity contribution in [1.29, 1.82) is 0 Å². The molecule has 0 amide bonds. The summed E-state index contributed by atoms with van der Waals surface area (Å²) in [5, 5.41) is 6.20. The molecule has 0 saturated heterocycles. The lowest BCUT2D eigenvalue weighted by Gasteiger charge is -2.19. The molecule has 1 heteroatoms. The van der Waals surface area contributed by atoms with E-state index in [0.29, 0.717) is 6.04 Å². The van der Waals surface area contributed by atoms with Crippen LogP contribution in [0.15, 0.2) is 72.8 Å². The molecule has 1 nitrogen and oxygen atoms in total. The average molecular weight is 261 g/mol. The molecule has 0 fully saturated rings. The van der Waals surface area contributed by atoms with Crippen LogP contribution in [-0.2, 0) is 0 Å². The highest BCUT2D eigenvalue weighted by atomic mass is 14.9. The highest BCUT2D eigenvalue weighted by Crippen LogP contribution is 2.25. The lowest BCUT2D eigenvalue weighted by Crippen LogP contribution is -2.09. The maximum Gasteiger partial charge on any atom is 0.0511 e. The maximum absolute atomic E-state index is 3.64. The van der Waals surface area contributed by atoms with Crippen molar-refractivity contribution < 1.29 is 0 Å². The SMILES string of the molecule is CCC(Nc1ccc2ccccc2c1)c1ccccc1. The van der Waals surface area contributed by atoms with Crippen molar-refractivity contribution >= 4 is 16.5 Å². The number of anilines is 1. The van der Waals surface area contributed by atoms with Gasteiger partial charge in [-0.15, -0.1) is 0 Å². The monoisotopic (exact) mass is 261 g/mol. The Bertz CT molecular complexity index is 688. The molecule has 1 unspecified atom stereocenters. The van der Waals surface area contributed by atoms with E-state index >= 15 is 0 Å². The van der Waals surface area contributed by atoms with Gasteiger partial charge in [-0.3, -0.25) is 0 Å². The maximum atomic E-state index is 3.64. The van der Waals surface area contributed by atoms with Gasteiger partial charge in [0.05, 0.1) is 6.04 Å². The summed E-state index contributed by atoms with van der Waals surface area (Å²) in [6.07, 6.45) is 1.07. The normalized spacial score (nSPS) is 12.2. The van der Waals surface area contributed by atoms with Gasteiger partial charge in [0.25, 0.3) is 0 Å². The highest BCUT2D eigenvalue weighted by molar-refractivity contribution is 5.85. The lowest BCUT2D eigenvalue weighted by molar-refractivity contribution is 0.750. The molecule has 1 atom stereocenters. The van der Waals surface area contributed by atoms with Crippen LogP contribution in [0.5, 0.6) is 0 Å². The Labute approximate surface area is 120 Å². The van der Waals surface area contributed by atoms with Crippen molar-refractivity contribution in [3.63, 3.8) is 0 Å².